The van der Waals surface area contributed by atoms with Crippen LogP contribution in [0.4, 0.5) is 0 Å². The third-order valence-corrected chi connectivity index (χ3v) is 7.27. The van der Waals surface area contributed by atoms with Gasteiger partial charge in [0.25, 0.3) is 5.56 Å². The summed E-state index contributed by atoms with van der Waals surface area (Å²) in [5, 5.41) is 4.31. The number of carbonyl (C=O) groups is 1. The number of thiophene rings is 1. The third-order valence-electron chi connectivity index (χ3n) is 5.10. The standard InChI is InChI=1S/C19H25N3O3S2/c1-2-8-20-15(23)11-26-19-21-17-16(13-6-3-7-14(13)27-17)18(24)22(19)10-12-5-4-9-25-12/h12H,2-11H2,1H3,(H,20,23)/t12-/m1/s1. The van der Waals surface area contributed by atoms with E-state index in [4.69, 9.17) is 9.72 Å². The monoisotopic (exact) mass is 407 g/mol. The van der Waals surface area contributed by atoms with Gasteiger partial charge in [-0.1, -0.05) is 18.7 Å². The fourth-order valence-electron chi connectivity index (χ4n) is 3.77. The molecule has 0 aromatic carbocycles. The van der Waals surface area contributed by atoms with E-state index < -0.39 is 0 Å². The molecule has 3 heterocycles. The molecule has 1 fully saturated rings. The SMILES string of the molecule is CCCNC(=O)CSc1nc2sc3c(c2c(=O)n1C[C@H]1CCCO1)CCC3. The molecule has 0 saturated carbocycles. The molecule has 1 aliphatic carbocycles. The number of thioether (sulfide) groups is 1. The zero-order valence-corrected chi connectivity index (χ0v) is 17.2. The number of aromatic nitrogens is 2. The summed E-state index contributed by atoms with van der Waals surface area (Å²) in [6.45, 7) is 3.97. The van der Waals surface area contributed by atoms with Crippen LogP contribution < -0.4 is 10.9 Å². The highest BCUT2D eigenvalue weighted by molar-refractivity contribution is 7.99. The molecule has 146 valence electrons. The van der Waals surface area contributed by atoms with Crippen molar-refractivity contribution in [3.8, 4) is 0 Å². The van der Waals surface area contributed by atoms with E-state index in [2.05, 4.69) is 5.32 Å². The lowest BCUT2D eigenvalue weighted by Crippen LogP contribution is -2.30. The van der Waals surface area contributed by atoms with E-state index >= 15 is 0 Å². The largest absolute Gasteiger partial charge is 0.376 e. The molecule has 0 radical (unpaired) electrons. The van der Waals surface area contributed by atoms with Gasteiger partial charge in [-0.3, -0.25) is 14.2 Å². The van der Waals surface area contributed by atoms with Crippen LogP contribution in [0.1, 0.15) is 43.0 Å². The van der Waals surface area contributed by atoms with Crippen molar-refractivity contribution in [2.45, 2.75) is 63.3 Å². The predicted octanol–water partition coefficient (Wildman–Crippen LogP) is 2.74. The minimum atomic E-state index is -0.0199. The summed E-state index contributed by atoms with van der Waals surface area (Å²) in [6, 6.07) is 0. The fraction of sp³-hybridized carbons (Fsp3) is 0.632. The Labute approximate surface area is 166 Å². The van der Waals surface area contributed by atoms with E-state index in [1.807, 2.05) is 6.92 Å². The second-order valence-electron chi connectivity index (χ2n) is 7.12. The van der Waals surface area contributed by atoms with E-state index in [1.165, 1.54) is 22.2 Å². The summed E-state index contributed by atoms with van der Waals surface area (Å²) in [5.74, 6) is 0.253. The van der Waals surface area contributed by atoms with Crippen molar-refractivity contribution in [1.82, 2.24) is 14.9 Å². The Morgan fingerprint density at radius 3 is 3.07 bits per heavy atom. The minimum absolute atomic E-state index is 0.0199. The lowest BCUT2D eigenvalue weighted by Gasteiger charge is -2.16. The third kappa shape index (κ3) is 3.93. The number of rotatable bonds is 7. The average molecular weight is 408 g/mol. The molecular formula is C19H25N3O3S2. The summed E-state index contributed by atoms with van der Waals surface area (Å²) in [4.78, 5) is 32.3. The van der Waals surface area contributed by atoms with Crippen molar-refractivity contribution >= 4 is 39.2 Å². The molecule has 1 aliphatic heterocycles. The molecule has 0 bridgehead atoms. The first-order valence-electron chi connectivity index (χ1n) is 9.73. The Morgan fingerprint density at radius 1 is 1.41 bits per heavy atom. The Balaban J connectivity index is 1.67. The second kappa shape index (κ2) is 8.32. The van der Waals surface area contributed by atoms with Crippen molar-refractivity contribution < 1.29 is 9.53 Å². The van der Waals surface area contributed by atoms with E-state index in [-0.39, 0.29) is 23.3 Å². The molecule has 2 aromatic rings. The second-order valence-corrected chi connectivity index (χ2v) is 9.15. The number of fused-ring (bicyclic) bond motifs is 3. The number of amides is 1. The summed E-state index contributed by atoms with van der Waals surface area (Å²) < 4.78 is 7.51. The Kier molecular flexibility index (Phi) is 5.85. The van der Waals surface area contributed by atoms with Gasteiger partial charge < -0.3 is 10.1 Å². The van der Waals surface area contributed by atoms with Crippen LogP contribution in [-0.2, 0) is 28.9 Å². The van der Waals surface area contributed by atoms with Crippen LogP contribution in [0, 0.1) is 0 Å². The van der Waals surface area contributed by atoms with Crippen molar-refractivity contribution in [1.29, 1.82) is 0 Å². The normalized spacial score (nSPS) is 18.9. The topological polar surface area (TPSA) is 73.2 Å². The Hall–Kier alpha value is -1.38. The van der Waals surface area contributed by atoms with Gasteiger partial charge in [0.05, 0.1) is 23.8 Å². The number of ether oxygens (including phenoxy) is 1. The van der Waals surface area contributed by atoms with Gasteiger partial charge in [-0.15, -0.1) is 11.3 Å². The molecule has 2 aromatic heterocycles. The average Bonchev–Trinajstić information content (AvgIpc) is 3.37. The van der Waals surface area contributed by atoms with Gasteiger partial charge in [-0.2, -0.15) is 0 Å². The molecule has 1 saturated heterocycles. The summed E-state index contributed by atoms with van der Waals surface area (Å²) >= 11 is 2.99. The summed E-state index contributed by atoms with van der Waals surface area (Å²) in [6.07, 6.45) is 6.10. The van der Waals surface area contributed by atoms with Crippen LogP contribution in [0.5, 0.6) is 0 Å². The lowest BCUT2D eigenvalue weighted by molar-refractivity contribution is -0.118. The van der Waals surface area contributed by atoms with E-state index in [0.29, 0.717) is 18.2 Å². The maximum absolute atomic E-state index is 13.3. The van der Waals surface area contributed by atoms with Crippen LogP contribution in [-0.4, -0.2) is 40.5 Å². The molecule has 1 amide bonds. The van der Waals surface area contributed by atoms with Crippen LogP contribution in [0.15, 0.2) is 9.95 Å². The van der Waals surface area contributed by atoms with Crippen LogP contribution in [0.2, 0.25) is 0 Å². The van der Waals surface area contributed by atoms with Crippen molar-refractivity contribution in [2.75, 3.05) is 18.9 Å². The van der Waals surface area contributed by atoms with E-state index in [1.54, 1.807) is 15.9 Å². The van der Waals surface area contributed by atoms with Gasteiger partial charge in [0.1, 0.15) is 4.83 Å². The highest BCUT2D eigenvalue weighted by atomic mass is 32.2. The maximum atomic E-state index is 13.3. The molecule has 1 N–H and O–H groups in total. The van der Waals surface area contributed by atoms with Crippen molar-refractivity contribution in [2.24, 2.45) is 0 Å². The fourth-order valence-corrected chi connectivity index (χ4v) is 5.91. The molecule has 0 unspecified atom stereocenters. The molecule has 27 heavy (non-hydrogen) atoms. The smallest absolute Gasteiger partial charge is 0.263 e. The first-order valence-corrected chi connectivity index (χ1v) is 11.5. The number of hydrogen-bond acceptors (Lipinski definition) is 6. The van der Waals surface area contributed by atoms with Gasteiger partial charge in [0.2, 0.25) is 5.91 Å². The van der Waals surface area contributed by atoms with E-state index in [9.17, 15) is 9.59 Å². The first kappa shape index (κ1) is 19.0. The Morgan fingerprint density at radius 2 is 2.30 bits per heavy atom. The molecule has 2 aliphatic rings. The highest BCUT2D eigenvalue weighted by Crippen LogP contribution is 2.35. The number of aryl methyl sites for hydroxylation is 2. The van der Waals surface area contributed by atoms with Crippen molar-refractivity contribution in [3.63, 3.8) is 0 Å². The molecule has 6 nitrogen and oxygen atoms in total. The van der Waals surface area contributed by atoms with Crippen LogP contribution in [0.25, 0.3) is 10.2 Å². The van der Waals surface area contributed by atoms with Crippen molar-refractivity contribution in [3.05, 3.63) is 20.8 Å². The van der Waals surface area contributed by atoms with Gasteiger partial charge in [-0.05, 0) is 44.1 Å². The van der Waals surface area contributed by atoms with Crippen LogP contribution >= 0.6 is 23.1 Å². The number of hydrogen-bond donors (Lipinski definition) is 1. The maximum Gasteiger partial charge on any atom is 0.263 e. The first-order chi connectivity index (χ1) is 13.2. The van der Waals surface area contributed by atoms with Gasteiger partial charge in [0.15, 0.2) is 5.16 Å². The molecule has 0 spiro atoms. The highest BCUT2D eigenvalue weighted by Gasteiger charge is 2.25. The van der Waals surface area contributed by atoms with E-state index in [0.717, 1.165) is 55.3 Å². The zero-order valence-electron chi connectivity index (χ0n) is 15.6. The predicted molar refractivity (Wildman–Crippen MR) is 109 cm³/mol. The lowest BCUT2D eigenvalue weighted by atomic mass is 10.2. The van der Waals surface area contributed by atoms with Gasteiger partial charge in [0, 0.05) is 18.0 Å². The molecule has 4 rings (SSSR count). The van der Waals surface area contributed by atoms with Gasteiger partial charge >= 0.3 is 0 Å². The van der Waals surface area contributed by atoms with Gasteiger partial charge in [-0.25, -0.2) is 4.98 Å². The number of carbonyl (C=O) groups excluding carboxylic acids is 1. The minimum Gasteiger partial charge on any atom is -0.376 e. The quantitative estimate of drug-likeness (QED) is 0.564. The summed E-state index contributed by atoms with van der Waals surface area (Å²) in [5.41, 5.74) is 1.23. The molecule has 8 heteroatoms. The zero-order chi connectivity index (χ0) is 18.8. The number of nitrogens with zero attached hydrogens (tertiary/aromatic N) is 2. The van der Waals surface area contributed by atoms with Crippen LogP contribution in [0.3, 0.4) is 0 Å². The molecule has 1 atom stereocenters. The number of nitrogens with one attached hydrogen (secondary N) is 1. The molecular weight excluding hydrogens is 382 g/mol. The summed E-state index contributed by atoms with van der Waals surface area (Å²) in [7, 11) is 0. The Bertz CT molecular complexity index is 900.